The highest BCUT2D eigenvalue weighted by atomic mass is 127. The van der Waals surface area contributed by atoms with E-state index in [4.69, 9.17) is 4.99 Å². The number of aliphatic imine (C=N–C) groups is 1. The van der Waals surface area contributed by atoms with Crippen LogP contribution in [0.5, 0.6) is 0 Å². The molecule has 1 aromatic carbocycles. The molecule has 0 unspecified atom stereocenters. The van der Waals surface area contributed by atoms with Crippen molar-refractivity contribution in [1.29, 1.82) is 0 Å². The molecule has 30 heavy (non-hydrogen) atoms. The zero-order valence-electron chi connectivity index (χ0n) is 17.2. The van der Waals surface area contributed by atoms with Crippen molar-refractivity contribution in [2.24, 2.45) is 4.99 Å². The first-order valence-corrected chi connectivity index (χ1v) is 10.1. The summed E-state index contributed by atoms with van der Waals surface area (Å²) in [7, 11) is 0. The van der Waals surface area contributed by atoms with Crippen molar-refractivity contribution in [3.63, 3.8) is 0 Å². The van der Waals surface area contributed by atoms with Gasteiger partial charge in [0.25, 0.3) is 0 Å². The van der Waals surface area contributed by atoms with Gasteiger partial charge < -0.3 is 15.1 Å². The van der Waals surface area contributed by atoms with E-state index in [2.05, 4.69) is 62.5 Å². The van der Waals surface area contributed by atoms with Crippen molar-refractivity contribution in [3.8, 4) is 5.82 Å². The predicted octanol–water partition coefficient (Wildman–Crippen LogP) is 3.17. The average molecular weight is 517 g/mol. The Morgan fingerprint density at radius 1 is 1.03 bits per heavy atom. The lowest BCUT2D eigenvalue weighted by atomic mass is 10.2. The Morgan fingerprint density at radius 3 is 2.53 bits per heavy atom. The molecule has 1 N–H and O–H groups in total. The fourth-order valence-corrected chi connectivity index (χ4v) is 3.50. The average Bonchev–Trinajstić information content (AvgIpc) is 3.33. The number of hydrogen-bond acceptors (Lipinski definition) is 4. The lowest BCUT2D eigenvalue weighted by molar-refractivity contribution is 0.372. The van der Waals surface area contributed by atoms with Gasteiger partial charge in [-0.2, -0.15) is 5.10 Å². The molecular formula is C22H28IN7. The third-order valence-corrected chi connectivity index (χ3v) is 5.00. The van der Waals surface area contributed by atoms with Crippen LogP contribution in [0.15, 0.2) is 72.1 Å². The summed E-state index contributed by atoms with van der Waals surface area (Å²) in [6, 6.07) is 16.5. The third-order valence-electron chi connectivity index (χ3n) is 5.00. The molecule has 3 aromatic rings. The summed E-state index contributed by atoms with van der Waals surface area (Å²) in [6.07, 6.45) is 5.46. The Balaban J connectivity index is 0.00000256. The Kier molecular flexibility index (Phi) is 8.06. The van der Waals surface area contributed by atoms with Crippen LogP contribution in [0.1, 0.15) is 12.5 Å². The van der Waals surface area contributed by atoms with Gasteiger partial charge in [-0.1, -0.05) is 18.2 Å². The number of rotatable bonds is 5. The number of piperazine rings is 1. The summed E-state index contributed by atoms with van der Waals surface area (Å²) >= 11 is 0. The number of benzene rings is 1. The molecule has 4 rings (SSSR count). The normalized spacial score (nSPS) is 14.4. The van der Waals surface area contributed by atoms with Crippen LogP contribution in [0.25, 0.3) is 5.82 Å². The first kappa shape index (κ1) is 22.1. The van der Waals surface area contributed by atoms with Gasteiger partial charge in [-0.25, -0.2) is 14.7 Å². The van der Waals surface area contributed by atoms with Gasteiger partial charge in [0.05, 0.1) is 6.54 Å². The molecule has 7 nitrogen and oxygen atoms in total. The summed E-state index contributed by atoms with van der Waals surface area (Å²) in [4.78, 5) is 14.1. The molecule has 1 aliphatic heterocycles. The minimum atomic E-state index is 0. The van der Waals surface area contributed by atoms with Gasteiger partial charge >= 0.3 is 0 Å². The Bertz CT molecular complexity index is 920. The maximum Gasteiger partial charge on any atom is 0.194 e. The standard InChI is InChI=1S/C22H27N7.HI/c1-2-23-22(28-15-13-27(14-16-28)20-7-4-3-5-8-20)25-18-19-9-11-24-21(17-19)29-12-6-10-26-29;/h3-12,17H,2,13-16,18H2,1H3,(H,23,25);1H. The number of hydrogen-bond donors (Lipinski definition) is 1. The van der Waals surface area contributed by atoms with E-state index in [9.17, 15) is 0 Å². The molecule has 1 saturated heterocycles. The highest BCUT2D eigenvalue weighted by molar-refractivity contribution is 14.0. The fourth-order valence-electron chi connectivity index (χ4n) is 3.50. The van der Waals surface area contributed by atoms with Gasteiger partial charge in [-0.15, -0.1) is 24.0 Å². The summed E-state index contributed by atoms with van der Waals surface area (Å²) in [5.74, 6) is 1.78. The number of nitrogens with zero attached hydrogens (tertiary/aromatic N) is 6. The van der Waals surface area contributed by atoms with E-state index < -0.39 is 0 Å². The van der Waals surface area contributed by atoms with E-state index in [1.807, 2.05) is 30.6 Å². The first-order chi connectivity index (χ1) is 14.3. The highest BCUT2D eigenvalue weighted by Crippen LogP contribution is 2.16. The molecule has 0 amide bonds. The molecule has 1 fully saturated rings. The quantitative estimate of drug-likeness (QED) is 0.320. The second kappa shape index (κ2) is 11.0. The molecule has 0 bridgehead atoms. The van der Waals surface area contributed by atoms with Crippen molar-refractivity contribution < 1.29 is 0 Å². The lowest BCUT2D eigenvalue weighted by Gasteiger charge is -2.37. The first-order valence-electron chi connectivity index (χ1n) is 10.1. The van der Waals surface area contributed by atoms with Gasteiger partial charge in [-0.05, 0) is 42.8 Å². The Labute approximate surface area is 194 Å². The highest BCUT2D eigenvalue weighted by Gasteiger charge is 2.19. The van der Waals surface area contributed by atoms with Crippen LogP contribution in [0.2, 0.25) is 0 Å². The van der Waals surface area contributed by atoms with Crippen LogP contribution in [-0.4, -0.2) is 58.3 Å². The monoisotopic (exact) mass is 517 g/mol. The van der Waals surface area contributed by atoms with Crippen molar-refractivity contribution in [2.75, 3.05) is 37.6 Å². The fraction of sp³-hybridized carbons (Fsp3) is 0.318. The van der Waals surface area contributed by atoms with Crippen LogP contribution in [0, 0.1) is 0 Å². The zero-order valence-corrected chi connectivity index (χ0v) is 19.5. The van der Waals surface area contributed by atoms with Crippen LogP contribution in [0.4, 0.5) is 5.69 Å². The summed E-state index contributed by atoms with van der Waals surface area (Å²) in [6.45, 7) is 7.47. The van der Waals surface area contributed by atoms with Crippen LogP contribution < -0.4 is 10.2 Å². The van der Waals surface area contributed by atoms with E-state index in [0.717, 1.165) is 50.1 Å². The molecule has 8 heteroatoms. The summed E-state index contributed by atoms with van der Waals surface area (Å²) < 4.78 is 1.77. The third kappa shape index (κ3) is 5.50. The number of anilines is 1. The minimum Gasteiger partial charge on any atom is -0.368 e. The molecule has 0 saturated carbocycles. The number of pyridine rings is 1. The topological polar surface area (TPSA) is 61.6 Å². The molecule has 0 aliphatic carbocycles. The molecule has 2 aromatic heterocycles. The minimum absolute atomic E-state index is 0. The molecule has 158 valence electrons. The lowest BCUT2D eigenvalue weighted by Crippen LogP contribution is -2.52. The van der Waals surface area contributed by atoms with E-state index in [1.54, 1.807) is 10.9 Å². The maximum atomic E-state index is 4.88. The van der Waals surface area contributed by atoms with Crippen molar-refractivity contribution in [2.45, 2.75) is 13.5 Å². The van der Waals surface area contributed by atoms with Crippen LogP contribution >= 0.6 is 24.0 Å². The van der Waals surface area contributed by atoms with Gasteiger partial charge in [0.2, 0.25) is 0 Å². The van der Waals surface area contributed by atoms with Gasteiger partial charge in [0.1, 0.15) is 0 Å². The predicted molar refractivity (Wildman–Crippen MR) is 132 cm³/mol. The molecule has 0 atom stereocenters. The number of nitrogens with one attached hydrogen (secondary N) is 1. The summed E-state index contributed by atoms with van der Waals surface area (Å²) in [5.41, 5.74) is 2.40. The van der Waals surface area contributed by atoms with E-state index >= 15 is 0 Å². The van der Waals surface area contributed by atoms with Gasteiger partial charge in [0.15, 0.2) is 11.8 Å². The molecule has 0 radical (unpaired) electrons. The maximum absolute atomic E-state index is 4.88. The van der Waals surface area contributed by atoms with Crippen LogP contribution in [-0.2, 0) is 6.54 Å². The van der Waals surface area contributed by atoms with Crippen molar-refractivity contribution in [3.05, 3.63) is 72.7 Å². The Hall–Kier alpha value is -2.62. The van der Waals surface area contributed by atoms with Gasteiger partial charge in [-0.3, -0.25) is 0 Å². The van der Waals surface area contributed by atoms with E-state index in [0.29, 0.717) is 6.54 Å². The molecule has 3 heterocycles. The molecule has 1 aliphatic rings. The number of guanidine groups is 1. The number of aromatic nitrogens is 3. The number of para-hydroxylation sites is 1. The van der Waals surface area contributed by atoms with Crippen molar-refractivity contribution >= 4 is 35.6 Å². The SMILES string of the molecule is CCNC(=NCc1ccnc(-n2cccn2)c1)N1CCN(c2ccccc2)CC1.I. The smallest absolute Gasteiger partial charge is 0.194 e. The van der Waals surface area contributed by atoms with Crippen LogP contribution in [0.3, 0.4) is 0 Å². The molecule has 0 spiro atoms. The second-order valence-corrected chi connectivity index (χ2v) is 6.95. The number of halogens is 1. The summed E-state index contributed by atoms with van der Waals surface area (Å²) in [5, 5.41) is 7.69. The zero-order chi connectivity index (χ0) is 19.9. The van der Waals surface area contributed by atoms with Gasteiger partial charge in [0, 0.05) is 57.0 Å². The van der Waals surface area contributed by atoms with E-state index in [1.165, 1.54) is 5.69 Å². The van der Waals surface area contributed by atoms with Crippen molar-refractivity contribution in [1.82, 2.24) is 25.0 Å². The second-order valence-electron chi connectivity index (χ2n) is 6.95. The van der Waals surface area contributed by atoms with E-state index in [-0.39, 0.29) is 24.0 Å². The Morgan fingerprint density at radius 2 is 1.83 bits per heavy atom. The molecular weight excluding hydrogens is 489 g/mol. The largest absolute Gasteiger partial charge is 0.368 e.